The Morgan fingerprint density at radius 2 is 1.83 bits per heavy atom. The third-order valence-electron chi connectivity index (χ3n) is 3.51. The van der Waals surface area contributed by atoms with Crippen LogP contribution >= 0.6 is 11.3 Å². The van der Waals surface area contributed by atoms with E-state index in [1.54, 1.807) is 30.3 Å². The lowest BCUT2D eigenvalue weighted by Gasteiger charge is -2.06. The van der Waals surface area contributed by atoms with Crippen molar-refractivity contribution in [3.63, 3.8) is 0 Å². The summed E-state index contributed by atoms with van der Waals surface area (Å²) in [6, 6.07) is 8.33. The summed E-state index contributed by atoms with van der Waals surface area (Å²) < 4.78 is 5.04. The number of carbonyl (C=O) groups is 3. The third-order valence-corrected chi connectivity index (χ3v) is 4.59. The maximum Gasteiger partial charge on any atom is 0.348 e. The van der Waals surface area contributed by atoms with E-state index in [1.807, 2.05) is 13.8 Å². The number of anilines is 1. The van der Waals surface area contributed by atoms with Crippen LogP contribution in [-0.2, 0) is 16.0 Å². The molecular weight excluding hydrogens is 326 g/mol. The minimum atomic E-state index is -0.495. The number of esters is 1. The minimum absolute atomic E-state index is 0.0421. The Morgan fingerprint density at radius 1 is 1.17 bits per heavy atom. The molecule has 1 N–H and O–H groups in total. The molecule has 0 saturated heterocycles. The van der Waals surface area contributed by atoms with Crippen LogP contribution in [0.2, 0.25) is 0 Å². The van der Waals surface area contributed by atoms with Crippen LogP contribution in [0.25, 0.3) is 0 Å². The van der Waals surface area contributed by atoms with E-state index in [2.05, 4.69) is 5.32 Å². The number of ketones is 1. The molecule has 0 aliphatic carbocycles. The van der Waals surface area contributed by atoms with Crippen LogP contribution in [0.5, 0.6) is 0 Å². The first kappa shape index (κ1) is 17.9. The number of ether oxygens (including phenoxy) is 1. The second-order valence-electron chi connectivity index (χ2n) is 5.30. The van der Waals surface area contributed by atoms with Gasteiger partial charge in [-0.1, -0.05) is 6.92 Å². The van der Waals surface area contributed by atoms with Crippen molar-refractivity contribution < 1.29 is 19.1 Å². The van der Waals surface area contributed by atoms with E-state index in [0.29, 0.717) is 16.1 Å². The maximum absolute atomic E-state index is 12.0. The molecule has 1 aromatic heterocycles. The Bertz CT molecular complexity index is 762. The highest BCUT2D eigenvalue weighted by Crippen LogP contribution is 2.22. The zero-order chi connectivity index (χ0) is 17.7. The van der Waals surface area contributed by atoms with Gasteiger partial charge in [-0.15, -0.1) is 11.3 Å². The van der Waals surface area contributed by atoms with Crippen LogP contribution in [0.15, 0.2) is 30.3 Å². The zero-order valence-corrected chi connectivity index (χ0v) is 14.7. The molecule has 0 radical (unpaired) electrons. The van der Waals surface area contributed by atoms with Gasteiger partial charge in [0, 0.05) is 16.1 Å². The second-order valence-corrected chi connectivity index (χ2v) is 6.56. The molecule has 0 unspecified atom stereocenters. The molecule has 0 saturated carbocycles. The average Bonchev–Trinajstić information content (AvgIpc) is 2.94. The molecular formula is C18H19NO4S. The van der Waals surface area contributed by atoms with E-state index in [0.717, 1.165) is 16.9 Å². The van der Waals surface area contributed by atoms with Crippen molar-refractivity contribution in [3.8, 4) is 0 Å². The van der Waals surface area contributed by atoms with Gasteiger partial charge in [0.25, 0.3) is 5.91 Å². The van der Waals surface area contributed by atoms with Crippen molar-refractivity contribution in [1.82, 2.24) is 0 Å². The average molecular weight is 345 g/mol. The summed E-state index contributed by atoms with van der Waals surface area (Å²) in [7, 11) is 0. The number of aryl methyl sites for hydroxylation is 2. The van der Waals surface area contributed by atoms with Gasteiger partial charge in [-0.05, 0) is 56.2 Å². The van der Waals surface area contributed by atoms with E-state index in [1.165, 1.54) is 18.3 Å². The summed E-state index contributed by atoms with van der Waals surface area (Å²) in [4.78, 5) is 36.6. The Labute approximate surface area is 144 Å². The zero-order valence-electron chi connectivity index (χ0n) is 13.8. The molecule has 0 fully saturated rings. The van der Waals surface area contributed by atoms with Gasteiger partial charge in [0.15, 0.2) is 12.4 Å². The van der Waals surface area contributed by atoms with Gasteiger partial charge in [-0.2, -0.15) is 0 Å². The highest BCUT2D eigenvalue weighted by Gasteiger charge is 2.14. The number of rotatable bonds is 6. The highest BCUT2D eigenvalue weighted by molar-refractivity contribution is 7.14. The number of hydrogen-bond acceptors (Lipinski definition) is 5. The molecule has 6 heteroatoms. The largest absolute Gasteiger partial charge is 0.451 e. The molecule has 2 aromatic rings. The topological polar surface area (TPSA) is 72.5 Å². The van der Waals surface area contributed by atoms with Crippen LogP contribution in [-0.4, -0.2) is 24.3 Å². The number of Topliss-reactive ketones (excluding diaryl/α,β-unsaturated/α-hetero) is 1. The summed E-state index contributed by atoms with van der Waals surface area (Å²) in [5.74, 6) is -0.965. The molecule has 0 spiro atoms. The minimum Gasteiger partial charge on any atom is -0.451 e. The first-order valence-corrected chi connectivity index (χ1v) is 8.39. The molecule has 0 bridgehead atoms. The molecule has 0 atom stereocenters. The molecule has 2 rings (SSSR count). The van der Waals surface area contributed by atoms with Gasteiger partial charge < -0.3 is 10.1 Å². The molecule has 5 nitrogen and oxygen atoms in total. The highest BCUT2D eigenvalue weighted by atomic mass is 32.1. The molecule has 1 aromatic carbocycles. The van der Waals surface area contributed by atoms with Gasteiger partial charge >= 0.3 is 5.97 Å². The van der Waals surface area contributed by atoms with E-state index in [9.17, 15) is 14.4 Å². The smallest absolute Gasteiger partial charge is 0.348 e. The van der Waals surface area contributed by atoms with Crippen molar-refractivity contribution in [1.29, 1.82) is 0 Å². The van der Waals surface area contributed by atoms with Crippen molar-refractivity contribution in [2.45, 2.75) is 27.2 Å². The number of nitrogens with one attached hydrogen (secondary N) is 1. The van der Waals surface area contributed by atoms with Gasteiger partial charge in [0.2, 0.25) is 0 Å². The Balaban J connectivity index is 1.88. The lowest BCUT2D eigenvalue weighted by molar-refractivity contribution is -0.119. The number of thiophene rings is 1. The lowest BCUT2D eigenvalue weighted by atomic mass is 10.1. The van der Waals surface area contributed by atoms with Crippen molar-refractivity contribution in [2.24, 2.45) is 0 Å². The van der Waals surface area contributed by atoms with Gasteiger partial charge in [-0.3, -0.25) is 9.59 Å². The van der Waals surface area contributed by atoms with Gasteiger partial charge in [0.05, 0.1) is 0 Å². The summed E-state index contributed by atoms with van der Waals surface area (Å²) >= 11 is 1.37. The quantitative estimate of drug-likeness (QED) is 0.641. The molecule has 0 aliphatic heterocycles. The van der Waals surface area contributed by atoms with Crippen LogP contribution in [0.3, 0.4) is 0 Å². The van der Waals surface area contributed by atoms with Crippen molar-refractivity contribution >= 4 is 34.7 Å². The van der Waals surface area contributed by atoms with Crippen molar-refractivity contribution in [2.75, 3.05) is 11.9 Å². The Kier molecular flexibility index (Phi) is 5.87. The van der Waals surface area contributed by atoms with Crippen LogP contribution in [0, 0.1) is 6.92 Å². The van der Waals surface area contributed by atoms with E-state index >= 15 is 0 Å². The summed E-state index contributed by atoms with van der Waals surface area (Å²) in [5, 5.41) is 2.62. The maximum atomic E-state index is 12.0. The predicted octanol–water partition coefficient (Wildman–Crippen LogP) is 3.62. The first-order chi connectivity index (χ1) is 11.4. The fourth-order valence-corrected chi connectivity index (χ4v) is 3.17. The van der Waals surface area contributed by atoms with E-state index in [4.69, 9.17) is 4.74 Å². The standard InChI is InChI=1S/C18H19NO4S/c1-4-13-9-16(24-12(13)3)18(22)23-10-17(21)19-15-7-5-14(6-8-15)11(2)20/h5-9H,4,10H2,1-3H3,(H,19,21). The number of carbonyl (C=O) groups excluding carboxylic acids is 3. The first-order valence-electron chi connectivity index (χ1n) is 7.58. The number of benzene rings is 1. The van der Waals surface area contributed by atoms with Crippen LogP contribution in [0.1, 0.15) is 44.3 Å². The fourth-order valence-electron chi connectivity index (χ4n) is 2.16. The van der Waals surface area contributed by atoms with Crippen molar-refractivity contribution in [3.05, 3.63) is 51.2 Å². The second kappa shape index (κ2) is 7.88. The van der Waals surface area contributed by atoms with Crippen LogP contribution < -0.4 is 5.32 Å². The normalized spacial score (nSPS) is 10.3. The SMILES string of the molecule is CCc1cc(C(=O)OCC(=O)Nc2ccc(C(C)=O)cc2)sc1C. The van der Waals surface area contributed by atoms with E-state index < -0.39 is 11.9 Å². The molecule has 0 aliphatic rings. The molecule has 24 heavy (non-hydrogen) atoms. The van der Waals surface area contributed by atoms with E-state index in [-0.39, 0.29) is 12.4 Å². The Hall–Kier alpha value is -2.47. The fraction of sp³-hybridized carbons (Fsp3) is 0.278. The summed E-state index contributed by atoms with van der Waals surface area (Å²) in [6.45, 7) is 5.10. The molecule has 1 heterocycles. The summed E-state index contributed by atoms with van der Waals surface area (Å²) in [6.07, 6.45) is 0.854. The Morgan fingerprint density at radius 3 is 2.38 bits per heavy atom. The molecule has 1 amide bonds. The van der Waals surface area contributed by atoms with Gasteiger partial charge in [-0.25, -0.2) is 4.79 Å². The van der Waals surface area contributed by atoms with Crippen LogP contribution in [0.4, 0.5) is 5.69 Å². The molecule has 126 valence electrons. The van der Waals surface area contributed by atoms with Gasteiger partial charge in [0.1, 0.15) is 4.88 Å². The number of hydrogen-bond donors (Lipinski definition) is 1. The predicted molar refractivity (Wildman–Crippen MR) is 93.8 cm³/mol. The third kappa shape index (κ3) is 4.52. The number of amides is 1. The summed E-state index contributed by atoms with van der Waals surface area (Å²) in [5.41, 5.74) is 2.22. The monoisotopic (exact) mass is 345 g/mol. The lowest BCUT2D eigenvalue weighted by Crippen LogP contribution is -2.20.